The second-order valence-corrected chi connectivity index (χ2v) is 3.38. The lowest BCUT2D eigenvalue weighted by Gasteiger charge is -2.00. The molecule has 0 amide bonds. The van der Waals surface area contributed by atoms with Crippen molar-refractivity contribution < 1.29 is 4.39 Å². The molecule has 0 unspecified atom stereocenters. The molecule has 0 aliphatic carbocycles. The summed E-state index contributed by atoms with van der Waals surface area (Å²) in [5, 5.41) is 1.45. The van der Waals surface area contributed by atoms with E-state index in [1.807, 2.05) is 0 Å². The predicted molar refractivity (Wildman–Crippen MR) is 51.7 cm³/mol. The van der Waals surface area contributed by atoms with Crippen LogP contribution in [0.25, 0.3) is 10.9 Å². The Labute approximate surface area is 84.1 Å². The van der Waals surface area contributed by atoms with Crippen LogP contribution in [0.4, 0.5) is 4.39 Å². The van der Waals surface area contributed by atoms with Crippen LogP contribution in [0.5, 0.6) is 0 Å². The third kappa shape index (κ3) is 1.60. The molecule has 2 rings (SSSR count). The first-order valence-electron chi connectivity index (χ1n) is 3.58. The zero-order valence-electron chi connectivity index (χ0n) is 6.39. The summed E-state index contributed by atoms with van der Waals surface area (Å²) >= 11 is 11.5. The maximum absolute atomic E-state index is 12.8. The Hall–Kier alpha value is -0.860. The summed E-state index contributed by atoms with van der Waals surface area (Å²) < 4.78 is 12.8. The van der Waals surface area contributed by atoms with E-state index >= 15 is 0 Å². The first-order chi connectivity index (χ1) is 6.16. The number of nitrogens with zero attached hydrogens (tertiary/aromatic N) is 1. The topological polar surface area (TPSA) is 12.9 Å². The number of halogens is 3. The minimum Gasteiger partial charge on any atom is -0.236 e. The van der Waals surface area contributed by atoms with E-state index in [-0.39, 0.29) is 11.0 Å². The standard InChI is InChI=1S/C9H4Cl2FN/c10-7-4-9(11)13-8-3-5(12)1-2-6(7)8/h1-4H. The van der Waals surface area contributed by atoms with Gasteiger partial charge in [0.2, 0.25) is 0 Å². The van der Waals surface area contributed by atoms with Crippen LogP contribution in [-0.2, 0) is 0 Å². The Morgan fingerprint density at radius 3 is 2.69 bits per heavy atom. The van der Waals surface area contributed by atoms with E-state index in [9.17, 15) is 4.39 Å². The van der Waals surface area contributed by atoms with E-state index in [1.54, 1.807) is 6.07 Å². The minimum atomic E-state index is -0.349. The molecule has 0 spiro atoms. The van der Waals surface area contributed by atoms with Gasteiger partial charge in [0.25, 0.3) is 0 Å². The summed E-state index contributed by atoms with van der Waals surface area (Å²) in [6.45, 7) is 0. The van der Waals surface area contributed by atoms with Gasteiger partial charge in [-0.15, -0.1) is 0 Å². The van der Waals surface area contributed by atoms with Gasteiger partial charge in [-0.05, 0) is 18.2 Å². The van der Waals surface area contributed by atoms with Crippen molar-refractivity contribution in [2.24, 2.45) is 0 Å². The van der Waals surface area contributed by atoms with Crippen molar-refractivity contribution in [3.63, 3.8) is 0 Å². The molecule has 2 aromatic rings. The van der Waals surface area contributed by atoms with Crippen molar-refractivity contribution in [2.75, 3.05) is 0 Å². The Bertz CT molecular complexity index is 465. The van der Waals surface area contributed by atoms with Gasteiger partial charge in [-0.1, -0.05) is 23.2 Å². The van der Waals surface area contributed by atoms with Crippen molar-refractivity contribution in [2.45, 2.75) is 0 Å². The summed E-state index contributed by atoms with van der Waals surface area (Å²) in [6.07, 6.45) is 0. The van der Waals surface area contributed by atoms with E-state index < -0.39 is 0 Å². The molecule has 1 aromatic heterocycles. The number of hydrogen-bond donors (Lipinski definition) is 0. The van der Waals surface area contributed by atoms with Gasteiger partial charge < -0.3 is 0 Å². The number of aromatic nitrogens is 1. The quantitative estimate of drug-likeness (QED) is 0.612. The largest absolute Gasteiger partial charge is 0.236 e. The maximum Gasteiger partial charge on any atom is 0.131 e. The molecule has 0 aliphatic heterocycles. The average molecular weight is 216 g/mol. The lowest BCUT2D eigenvalue weighted by molar-refractivity contribution is 0.629. The summed E-state index contributed by atoms with van der Waals surface area (Å²) in [5.74, 6) is -0.349. The first kappa shape index (κ1) is 8.73. The number of pyridine rings is 1. The van der Waals surface area contributed by atoms with Crippen LogP contribution in [-0.4, -0.2) is 4.98 Å². The molecule has 0 bridgehead atoms. The summed E-state index contributed by atoms with van der Waals surface area (Å²) in [5.41, 5.74) is 0.470. The van der Waals surface area contributed by atoms with Gasteiger partial charge >= 0.3 is 0 Å². The second kappa shape index (κ2) is 3.13. The second-order valence-electron chi connectivity index (χ2n) is 2.59. The van der Waals surface area contributed by atoms with Crippen LogP contribution in [0.1, 0.15) is 0 Å². The van der Waals surface area contributed by atoms with Crippen molar-refractivity contribution >= 4 is 34.1 Å². The molecule has 0 radical (unpaired) electrons. The molecular weight excluding hydrogens is 212 g/mol. The Kier molecular flexibility index (Phi) is 2.10. The van der Waals surface area contributed by atoms with Gasteiger partial charge in [0.05, 0.1) is 10.5 Å². The fraction of sp³-hybridized carbons (Fsp3) is 0. The van der Waals surface area contributed by atoms with Crippen LogP contribution >= 0.6 is 23.2 Å². The molecule has 0 aliphatic rings. The molecule has 0 fully saturated rings. The van der Waals surface area contributed by atoms with Gasteiger partial charge in [0.1, 0.15) is 11.0 Å². The third-order valence-corrected chi connectivity index (χ3v) is 2.20. The summed E-state index contributed by atoms with van der Waals surface area (Å²) in [6, 6.07) is 5.75. The highest BCUT2D eigenvalue weighted by molar-refractivity contribution is 6.37. The zero-order chi connectivity index (χ0) is 9.42. The van der Waals surface area contributed by atoms with Crippen molar-refractivity contribution in [1.82, 2.24) is 4.98 Å². The fourth-order valence-electron chi connectivity index (χ4n) is 1.13. The fourth-order valence-corrected chi connectivity index (χ4v) is 1.65. The van der Waals surface area contributed by atoms with E-state index in [0.717, 1.165) is 0 Å². The molecular formula is C9H4Cl2FN. The minimum absolute atomic E-state index is 0.267. The lowest BCUT2D eigenvalue weighted by atomic mass is 10.2. The average Bonchev–Trinajstić information content (AvgIpc) is 2.02. The summed E-state index contributed by atoms with van der Waals surface area (Å²) in [4.78, 5) is 3.94. The van der Waals surface area contributed by atoms with Crippen LogP contribution in [0.15, 0.2) is 24.3 Å². The Morgan fingerprint density at radius 1 is 1.15 bits per heavy atom. The van der Waals surface area contributed by atoms with Gasteiger partial charge in [-0.25, -0.2) is 9.37 Å². The SMILES string of the molecule is Fc1ccc2c(Cl)cc(Cl)nc2c1. The Morgan fingerprint density at radius 2 is 1.92 bits per heavy atom. The molecule has 0 N–H and O–H groups in total. The van der Waals surface area contributed by atoms with E-state index in [2.05, 4.69) is 4.98 Å². The molecule has 0 saturated carbocycles. The molecule has 4 heteroatoms. The van der Waals surface area contributed by atoms with Gasteiger partial charge in [0, 0.05) is 11.5 Å². The van der Waals surface area contributed by atoms with Crippen LogP contribution in [0.3, 0.4) is 0 Å². The molecule has 1 nitrogen and oxygen atoms in total. The van der Waals surface area contributed by atoms with E-state index in [1.165, 1.54) is 18.2 Å². The predicted octanol–water partition coefficient (Wildman–Crippen LogP) is 3.68. The van der Waals surface area contributed by atoms with Crippen LogP contribution < -0.4 is 0 Å². The monoisotopic (exact) mass is 215 g/mol. The van der Waals surface area contributed by atoms with Crippen molar-refractivity contribution in [1.29, 1.82) is 0 Å². The number of fused-ring (bicyclic) bond motifs is 1. The first-order valence-corrected chi connectivity index (χ1v) is 4.34. The molecule has 13 heavy (non-hydrogen) atoms. The molecule has 0 atom stereocenters. The molecule has 1 aromatic carbocycles. The number of hydrogen-bond acceptors (Lipinski definition) is 1. The molecule has 1 heterocycles. The van der Waals surface area contributed by atoms with Crippen LogP contribution in [0, 0.1) is 5.82 Å². The lowest BCUT2D eigenvalue weighted by Crippen LogP contribution is -1.82. The Balaban J connectivity index is 2.86. The summed E-state index contributed by atoms with van der Waals surface area (Å²) in [7, 11) is 0. The smallest absolute Gasteiger partial charge is 0.131 e. The highest BCUT2D eigenvalue weighted by atomic mass is 35.5. The van der Waals surface area contributed by atoms with Gasteiger partial charge in [-0.2, -0.15) is 0 Å². The highest BCUT2D eigenvalue weighted by Crippen LogP contribution is 2.25. The zero-order valence-corrected chi connectivity index (χ0v) is 7.90. The van der Waals surface area contributed by atoms with Gasteiger partial charge in [0.15, 0.2) is 0 Å². The molecule has 0 saturated heterocycles. The molecule has 66 valence electrons. The highest BCUT2D eigenvalue weighted by Gasteiger charge is 2.03. The normalized spacial score (nSPS) is 10.7. The number of rotatable bonds is 0. The van der Waals surface area contributed by atoms with Crippen molar-refractivity contribution in [3.8, 4) is 0 Å². The van der Waals surface area contributed by atoms with Crippen molar-refractivity contribution in [3.05, 3.63) is 40.3 Å². The third-order valence-electron chi connectivity index (χ3n) is 1.69. The van der Waals surface area contributed by atoms with E-state index in [0.29, 0.717) is 15.9 Å². The van der Waals surface area contributed by atoms with Gasteiger partial charge in [-0.3, -0.25) is 0 Å². The van der Waals surface area contributed by atoms with E-state index in [4.69, 9.17) is 23.2 Å². The maximum atomic E-state index is 12.8. The van der Waals surface area contributed by atoms with Crippen LogP contribution in [0.2, 0.25) is 10.2 Å². The number of benzene rings is 1.